The van der Waals surface area contributed by atoms with E-state index in [-0.39, 0.29) is 11.6 Å². The third-order valence-corrected chi connectivity index (χ3v) is 4.41. The van der Waals surface area contributed by atoms with E-state index in [0.717, 1.165) is 24.3 Å². The molecule has 0 spiro atoms. The van der Waals surface area contributed by atoms with Crippen LogP contribution in [-0.2, 0) is 9.53 Å². The minimum atomic E-state index is -0.462. The molecule has 0 unspecified atom stereocenters. The van der Waals surface area contributed by atoms with Crippen LogP contribution in [0.25, 0.3) is 6.08 Å². The standard InChI is InChI=1S/C22H22ClNO3/c1-2-3-4-5-14-26-19-12-6-16(7-13-19)15-20-22(25)27-21(24-20)17-8-10-18(23)11-9-17/h6-13,15H,2-5,14H2,1H3/b20-15+. The fourth-order valence-electron chi connectivity index (χ4n) is 2.66. The molecule has 2 aromatic rings. The summed E-state index contributed by atoms with van der Waals surface area (Å²) in [7, 11) is 0. The Bertz CT molecular complexity index is 839. The number of unbranched alkanes of at least 4 members (excludes halogenated alkanes) is 3. The van der Waals surface area contributed by atoms with Crippen LogP contribution in [0, 0.1) is 0 Å². The fraction of sp³-hybridized carbons (Fsp3) is 0.273. The monoisotopic (exact) mass is 383 g/mol. The van der Waals surface area contributed by atoms with Crippen LogP contribution in [0.15, 0.2) is 59.2 Å². The van der Waals surface area contributed by atoms with Gasteiger partial charge in [0.2, 0.25) is 5.90 Å². The van der Waals surface area contributed by atoms with Crippen LogP contribution in [0.5, 0.6) is 5.75 Å². The Morgan fingerprint density at radius 2 is 1.78 bits per heavy atom. The van der Waals surface area contributed by atoms with E-state index in [2.05, 4.69) is 11.9 Å². The molecule has 3 rings (SSSR count). The summed E-state index contributed by atoms with van der Waals surface area (Å²) in [5.41, 5.74) is 1.84. The predicted molar refractivity (Wildman–Crippen MR) is 108 cm³/mol. The van der Waals surface area contributed by atoms with Gasteiger partial charge in [0.15, 0.2) is 5.70 Å². The van der Waals surface area contributed by atoms with Crippen molar-refractivity contribution in [2.45, 2.75) is 32.6 Å². The summed E-state index contributed by atoms with van der Waals surface area (Å²) in [5, 5.41) is 0.618. The van der Waals surface area contributed by atoms with Gasteiger partial charge in [-0.1, -0.05) is 49.9 Å². The van der Waals surface area contributed by atoms with Gasteiger partial charge >= 0.3 is 5.97 Å². The molecule has 5 heteroatoms. The van der Waals surface area contributed by atoms with Gasteiger partial charge in [0.05, 0.1) is 6.61 Å². The van der Waals surface area contributed by atoms with Crippen molar-refractivity contribution >= 4 is 29.5 Å². The Labute approximate surface area is 164 Å². The maximum atomic E-state index is 12.1. The second-order valence-electron chi connectivity index (χ2n) is 6.32. The highest BCUT2D eigenvalue weighted by Crippen LogP contribution is 2.21. The third-order valence-electron chi connectivity index (χ3n) is 4.16. The molecular weight excluding hydrogens is 362 g/mol. The van der Waals surface area contributed by atoms with Crippen molar-refractivity contribution in [1.29, 1.82) is 0 Å². The van der Waals surface area contributed by atoms with E-state index in [4.69, 9.17) is 21.1 Å². The van der Waals surface area contributed by atoms with E-state index in [0.29, 0.717) is 10.6 Å². The second-order valence-corrected chi connectivity index (χ2v) is 6.76. The molecule has 27 heavy (non-hydrogen) atoms. The minimum absolute atomic E-state index is 0.271. The average Bonchev–Trinajstić information content (AvgIpc) is 3.04. The molecule has 0 saturated heterocycles. The lowest BCUT2D eigenvalue weighted by molar-refractivity contribution is -0.129. The Morgan fingerprint density at radius 3 is 2.48 bits per heavy atom. The number of hydrogen-bond donors (Lipinski definition) is 0. The number of carbonyl (C=O) groups excluding carboxylic acids is 1. The van der Waals surface area contributed by atoms with Crippen molar-refractivity contribution < 1.29 is 14.3 Å². The molecule has 2 aromatic carbocycles. The second kappa shape index (κ2) is 9.38. The maximum absolute atomic E-state index is 12.1. The Kier molecular flexibility index (Phi) is 6.66. The highest BCUT2D eigenvalue weighted by molar-refractivity contribution is 6.30. The number of cyclic esters (lactones) is 1. The minimum Gasteiger partial charge on any atom is -0.494 e. The molecule has 0 N–H and O–H groups in total. The van der Waals surface area contributed by atoms with E-state index in [9.17, 15) is 4.79 Å². The van der Waals surface area contributed by atoms with E-state index >= 15 is 0 Å². The van der Waals surface area contributed by atoms with Crippen molar-refractivity contribution in [1.82, 2.24) is 0 Å². The molecule has 0 aliphatic carbocycles. The zero-order valence-electron chi connectivity index (χ0n) is 15.3. The van der Waals surface area contributed by atoms with Gasteiger partial charge in [0, 0.05) is 10.6 Å². The number of esters is 1. The topological polar surface area (TPSA) is 47.9 Å². The first-order chi connectivity index (χ1) is 13.2. The quantitative estimate of drug-likeness (QED) is 0.336. The van der Waals surface area contributed by atoms with Crippen molar-refractivity contribution in [2.24, 2.45) is 4.99 Å². The molecule has 0 aromatic heterocycles. The molecular formula is C22H22ClNO3. The van der Waals surface area contributed by atoms with Crippen molar-refractivity contribution in [3.8, 4) is 5.75 Å². The SMILES string of the molecule is CCCCCCOc1ccc(/C=C2/N=C(c3ccc(Cl)cc3)OC2=O)cc1. The molecule has 1 heterocycles. The lowest BCUT2D eigenvalue weighted by atomic mass is 10.2. The van der Waals surface area contributed by atoms with Crippen LogP contribution in [0.1, 0.15) is 43.7 Å². The molecule has 1 aliphatic rings. The van der Waals surface area contributed by atoms with Crippen LogP contribution in [-0.4, -0.2) is 18.5 Å². The molecule has 4 nitrogen and oxygen atoms in total. The zero-order chi connectivity index (χ0) is 19.1. The average molecular weight is 384 g/mol. The molecule has 0 saturated carbocycles. The number of benzene rings is 2. The van der Waals surface area contributed by atoms with Gasteiger partial charge in [-0.15, -0.1) is 0 Å². The summed E-state index contributed by atoms with van der Waals surface area (Å²) < 4.78 is 11.0. The van der Waals surface area contributed by atoms with Gasteiger partial charge in [-0.25, -0.2) is 9.79 Å². The summed E-state index contributed by atoms with van der Waals surface area (Å²) >= 11 is 5.88. The first kappa shape index (κ1) is 19.2. The Hall–Kier alpha value is -2.59. The van der Waals surface area contributed by atoms with E-state index < -0.39 is 5.97 Å². The highest BCUT2D eigenvalue weighted by atomic mass is 35.5. The molecule has 0 amide bonds. The maximum Gasteiger partial charge on any atom is 0.363 e. The van der Waals surface area contributed by atoms with Crippen molar-refractivity contribution in [3.05, 3.63) is 70.4 Å². The number of halogens is 1. The number of hydrogen-bond acceptors (Lipinski definition) is 4. The summed E-state index contributed by atoms with van der Waals surface area (Å²) in [6, 6.07) is 14.6. The van der Waals surface area contributed by atoms with Gasteiger partial charge in [0.1, 0.15) is 5.75 Å². The van der Waals surface area contributed by atoms with E-state index in [1.165, 1.54) is 19.3 Å². The van der Waals surface area contributed by atoms with Gasteiger partial charge in [-0.2, -0.15) is 0 Å². The summed E-state index contributed by atoms with van der Waals surface area (Å²) in [5.74, 6) is 0.652. The van der Waals surface area contributed by atoms with E-state index in [1.54, 1.807) is 30.3 Å². The lowest BCUT2D eigenvalue weighted by Gasteiger charge is -2.06. The molecule has 1 aliphatic heterocycles. The number of aliphatic imine (C=N–C) groups is 1. The predicted octanol–water partition coefficient (Wildman–Crippen LogP) is 5.64. The number of ether oxygens (including phenoxy) is 2. The fourth-order valence-corrected chi connectivity index (χ4v) is 2.79. The number of rotatable bonds is 8. The first-order valence-corrected chi connectivity index (χ1v) is 9.55. The highest BCUT2D eigenvalue weighted by Gasteiger charge is 2.24. The van der Waals surface area contributed by atoms with Crippen molar-refractivity contribution in [3.63, 3.8) is 0 Å². The molecule has 140 valence electrons. The molecule has 0 bridgehead atoms. The van der Waals surface area contributed by atoms with Crippen LogP contribution in [0.4, 0.5) is 0 Å². The Balaban J connectivity index is 1.63. The lowest BCUT2D eigenvalue weighted by Crippen LogP contribution is -2.05. The number of carbonyl (C=O) groups is 1. The van der Waals surface area contributed by atoms with Gasteiger partial charge < -0.3 is 9.47 Å². The Morgan fingerprint density at radius 1 is 1.04 bits per heavy atom. The van der Waals surface area contributed by atoms with Crippen LogP contribution < -0.4 is 4.74 Å². The van der Waals surface area contributed by atoms with Crippen LogP contribution in [0.2, 0.25) is 5.02 Å². The zero-order valence-corrected chi connectivity index (χ0v) is 16.0. The molecule has 0 atom stereocenters. The van der Waals surface area contributed by atoms with Crippen LogP contribution >= 0.6 is 11.6 Å². The molecule has 0 fully saturated rings. The van der Waals surface area contributed by atoms with Crippen molar-refractivity contribution in [2.75, 3.05) is 6.61 Å². The summed E-state index contributed by atoms with van der Waals surface area (Å²) in [4.78, 5) is 16.4. The van der Waals surface area contributed by atoms with Gasteiger partial charge in [-0.3, -0.25) is 0 Å². The van der Waals surface area contributed by atoms with Gasteiger partial charge in [0.25, 0.3) is 0 Å². The number of nitrogens with zero attached hydrogens (tertiary/aromatic N) is 1. The van der Waals surface area contributed by atoms with Crippen LogP contribution in [0.3, 0.4) is 0 Å². The van der Waals surface area contributed by atoms with Gasteiger partial charge in [-0.05, 0) is 54.5 Å². The summed E-state index contributed by atoms with van der Waals surface area (Å²) in [6.07, 6.45) is 6.42. The normalized spacial score (nSPS) is 15.0. The smallest absolute Gasteiger partial charge is 0.363 e. The molecule has 0 radical (unpaired) electrons. The van der Waals surface area contributed by atoms with E-state index in [1.807, 2.05) is 24.3 Å². The largest absolute Gasteiger partial charge is 0.494 e. The first-order valence-electron chi connectivity index (χ1n) is 9.17. The summed E-state index contributed by atoms with van der Waals surface area (Å²) in [6.45, 7) is 2.91. The third kappa shape index (κ3) is 5.44.